The summed E-state index contributed by atoms with van der Waals surface area (Å²) in [6, 6.07) is 8.08. The summed E-state index contributed by atoms with van der Waals surface area (Å²) in [6.07, 6.45) is 2.53. The van der Waals surface area contributed by atoms with Crippen LogP contribution in [0.4, 0.5) is 0 Å². The largest absolute Gasteiger partial charge is 0.497 e. The number of hydrogen-bond acceptors (Lipinski definition) is 2. The van der Waals surface area contributed by atoms with Crippen LogP contribution in [0.5, 0.6) is 5.75 Å². The molecule has 76 valence electrons. The second kappa shape index (κ2) is 3.28. The van der Waals surface area contributed by atoms with Crippen LogP contribution in [0.2, 0.25) is 0 Å². The van der Waals surface area contributed by atoms with Crippen LogP contribution in [-0.2, 0) is 5.54 Å². The Morgan fingerprint density at radius 1 is 1.29 bits per heavy atom. The van der Waals surface area contributed by atoms with Crippen LogP contribution in [0.3, 0.4) is 0 Å². The van der Waals surface area contributed by atoms with E-state index in [1.807, 2.05) is 12.1 Å². The Kier molecular flexibility index (Phi) is 2.23. The Bertz CT molecular complexity index is 312. The fourth-order valence-corrected chi connectivity index (χ4v) is 1.87. The molecule has 1 aromatic rings. The van der Waals surface area contributed by atoms with Crippen LogP contribution in [0.15, 0.2) is 24.3 Å². The van der Waals surface area contributed by atoms with E-state index < -0.39 is 0 Å². The third kappa shape index (κ3) is 1.62. The average Bonchev–Trinajstić information content (AvgIpc) is 3.01. The maximum absolute atomic E-state index is 6.29. The molecule has 0 aliphatic heterocycles. The first-order chi connectivity index (χ1) is 6.64. The summed E-state index contributed by atoms with van der Waals surface area (Å²) in [5.41, 5.74) is 7.34. The summed E-state index contributed by atoms with van der Waals surface area (Å²) in [7, 11) is 1.68. The van der Waals surface area contributed by atoms with Crippen molar-refractivity contribution in [2.75, 3.05) is 7.11 Å². The Morgan fingerprint density at radius 2 is 1.86 bits per heavy atom. The number of nitrogens with two attached hydrogens (primary N) is 1. The highest BCUT2D eigenvalue weighted by atomic mass is 16.5. The Hall–Kier alpha value is -1.02. The lowest BCUT2D eigenvalue weighted by Crippen LogP contribution is -2.35. The lowest BCUT2D eigenvalue weighted by atomic mass is 9.88. The lowest BCUT2D eigenvalue weighted by molar-refractivity contribution is 0.409. The van der Waals surface area contributed by atoms with Gasteiger partial charge in [0, 0.05) is 5.54 Å². The molecule has 0 heterocycles. The van der Waals surface area contributed by atoms with Crippen LogP contribution >= 0.6 is 0 Å². The summed E-state index contributed by atoms with van der Waals surface area (Å²) in [6.45, 7) is 2.12. The summed E-state index contributed by atoms with van der Waals surface area (Å²) in [5, 5.41) is 0. The molecule has 0 aromatic heterocycles. The van der Waals surface area contributed by atoms with Crippen molar-refractivity contribution in [3.05, 3.63) is 29.8 Å². The molecule has 1 aromatic carbocycles. The molecular weight excluding hydrogens is 174 g/mol. The fourth-order valence-electron chi connectivity index (χ4n) is 1.87. The maximum atomic E-state index is 6.29. The molecule has 0 bridgehead atoms. The van der Waals surface area contributed by atoms with Crippen LogP contribution in [0.25, 0.3) is 0 Å². The molecule has 2 rings (SSSR count). The minimum absolute atomic E-state index is 0.160. The standard InChI is InChI=1S/C12H17NO/c1-12(13,9-3-4-9)10-5-7-11(14-2)8-6-10/h5-9H,3-4,13H2,1-2H3. The van der Waals surface area contributed by atoms with Gasteiger partial charge in [-0.15, -0.1) is 0 Å². The van der Waals surface area contributed by atoms with Crippen molar-refractivity contribution >= 4 is 0 Å². The van der Waals surface area contributed by atoms with E-state index in [9.17, 15) is 0 Å². The molecule has 2 N–H and O–H groups in total. The third-order valence-electron chi connectivity index (χ3n) is 3.14. The summed E-state index contributed by atoms with van der Waals surface area (Å²) >= 11 is 0. The SMILES string of the molecule is COc1ccc(C(C)(N)C2CC2)cc1. The smallest absolute Gasteiger partial charge is 0.118 e. The lowest BCUT2D eigenvalue weighted by Gasteiger charge is -2.25. The number of rotatable bonds is 3. The first kappa shape index (κ1) is 9.53. The molecule has 0 saturated heterocycles. The molecule has 1 aliphatic carbocycles. The summed E-state index contributed by atoms with van der Waals surface area (Å²) in [5.74, 6) is 1.55. The fraction of sp³-hybridized carbons (Fsp3) is 0.500. The van der Waals surface area contributed by atoms with Gasteiger partial charge in [-0.3, -0.25) is 0 Å². The minimum Gasteiger partial charge on any atom is -0.497 e. The van der Waals surface area contributed by atoms with Gasteiger partial charge in [0.2, 0.25) is 0 Å². The number of benzene rings is 1. The van der Waals surface area contributed by atoms with Crippen molar-refractivity contribution in [3.8, 4) is 5.75 Å². The van der Waals surface area contributed by atoms with Crippen molar-refractivity contribution in [1.29, 1.82) is 0 Å². The monoisotopic (exact) mass is 191 g/mol. The van der Waals surface area contributed by atoms with E-state index in [4.69, 9.17) is 10.5 Å². The van der Waals surface area contributed by atoms with Gasteiger partial charge < -0.3 is 10.5 Å². The topological polar surface area (TPSA) is 35.2 Å². The van der Waals surface area contributed by atoms with E-state index in [1.165, 1.54) is 18.4 Å². The van der Waals surface area contributed by atoms with E-state index in [0.29, 0.717) is 5.92 Å². The molecule has 2 nitrogen and oxygen atoms in total. The molecule has 0 amide bonds. The van der Waals surface area contributed by atoms with Crippen molar-refractivity contribution in [2.45, 2.75) is 25.3 Å². The predicted molar refractivity (Wildman–Crippen MR) is 57.3 cm³/mol. The number of hydrogen-bond donors (Lipinski definition) is 1. The quantitative estimate of drug-likeness (QED) is 0.795. The second-order valence-electron chi connectivity index (χ2n) is 4.29. The van der Waals surface area contributed by atoms with E-state index in [0.717, 1.165) is 5.75 Å². The van der Waals surface area contributed by atoms with E-state index in [2.05, 4.69) is 19.1 Å². The van der Waals surface area contributed by atoms with Crippen molar-refractivity contribution in [2.24, 2.45) is 11.7 Å². The molecule has 1 aliphatic rings. The first-order valence-corrected chi connectivity index (χ1v) is 5.08. The summed E-state index contributed by atoms with van der Waals surface area (Å²) in [4.78, 5) is 0. The molecule has 0 radical (unpaired) electrons. The highest BCUT2D eigenvalue weighted by Gasteiger charge is 2.39. The summed E-state index contributed by atoms with van der Waals surface area (Å²) < 4.78 is 5.12. The number of ether oxygens (including phenoxy) is 1. The Balaban J connectivity index is 2.23. The highest BCUT2D eigenvalue weighted by molar-refractivity contribution is 5.32. The zero-order valence-corrected chi connectivity index (χ0v) is 8.79. The van der Waals surface area contributed by atoms with Gasteiger partial charge in [0.15, 0.2) is 0 Å². The van der Waals surface area contributed by atoms with E-state index >= 15 is 0 Å². The molecule has 0 spiro atoms. The third-order valence-corrected chi connectivity index (χ3v) is 3.14. The van der Waals surface area contributed by atoms with Gasteiger partial charge in [0.05, 0.1) is 7.11 Å². The van der Waals surface area contributed by atoms with Gasteiger partial charge in [0.1, 0.15) is 5.75 Å². The van der Waals surface area contributed by atoms with Crippen LogP contribution in [-0.4, -0.2) is 7.11 Å². The molecule has 1 fully saturated rings. The normalized spacial score (nSPS) is 20.2. The van der Waals surface area contributed by atoms with Crippen molar-refractivity contribution in [1.82, 2.24) is 0 Å². The number of methoxy groups -OCH3 is 1. The molecule has 1 unspecified atom stereocenters. The van der Waals surface area contributed by atoms with E-state index in [-0.39, 0.29) is 5.54 Å². The molecule has 1 saturated carbocycles. The Labute approximate surface area is 85.1 Å². The van der Waals surface area contributed by atoms with E-state index in [1.54, 1.807) is 7.11 Å². The van der Waals surface area contributed by atoms with Crippen LogP contribution < -0.4 is 10.5 Å². The minimum atomic E-state index is -0.160. The predicted octanol–water partition coefficient (Wildman–Crippen LogP) is 2.28. The van der Waals surface area contributed by atoms with Crippen LogP contribution in [0.1, 0.15) is 25.3 Å². The van der Waals surface area contributed by atoms with Gasteiger partial charge in [0.25, 0.3) is 0 Å². The molecule has 1 atom stereocenters. The van der Waals surface area contributed by atoms with Gasteiger partial charge in [-0.1, -0.05) is 12.1 Å². The zero-order chi connectivity index (χ0) is 10.2. The molecule has 2 heteroatoms. The van der Waals surface area contributed by atoms with Gasteiger partial charge in [-0.25, -0.2) is 0 Å². The Morgan fingerprint density at radius 3 is 2.29 bits per heavy atom. The zero-order valence-electron chi connectivity index (χ0n) is 8.79. The maximum Gasteiger partial charge on any atom is 0.118 e. The van der Waals surface area contributed by atoms with Gasteiger partial charge >= 0.3 is 0 Å². The first-order valence-electron chi connectivity index (χ1n) is 5.08. The second-order valence-corrected chi connectivity index (χ2v) is 4.29. The van der Waals surface area contributed by atoms with Gasteiger partial charge in [-0.2, -0.15) is 0 Å². The average molecular weight is 191 g/mol. The van der Waals surface area contributed by atoms with Crippen LogP contribution in [0, 0.1) is 5.92 Å². The van der Waals surface area contributed by atoms with Gasteiger partial charge in [-0.05, 0) is 43.4 Å². The molecular formula is C12H17NO. The van der Waals surface area contributed by atoms with Crippen molar-refractivity contribution < 1.29 is 4.74 Å². The highest BCUT2D eigenvalue weighted by Crippen LogP contribution is 2.43. The molecule has 14 heavy (non-hydrogen) atoms. The van der Waals surface area contributed by atoms with Crippen molar-refractivity contribution in [3.63, 3.8) is 0 Å².